The molecule has 7 heteroatoms. The molecule has 1 aliphatic rings. The largest absolute Gasteiger partial charge is 0.368 e. The lowest BCUT2D eigenvalue weighted by Gasteiger charge is -2.35. The van der Waals surface area contributed by atoms with Crippen molar-refractivity contribution in [3.63, 3.8) is 0 Å². The van der Waals surface area contributed by atoms with E-state index in [0.29, 0.717) is 17.0 Å². The van der Waals surface area contributed by atoms with Crippen molar-refractivity contribution in [2.75, 3.05) is 18.0 Å². The molecule has 1 aromatic heterocycles. The van der Waals surface area contributed by atoms with Crippen LogP contribution in [0.1, 0.15) is 32.6 Å². The number of hydrogen-bond donors (Lipinski definition) is 1. The molecular weight excluding hydrogens is 262 g/mol. The van der Waals surface area contributed by atoms with Gasteiger partial charge in [0.1, 0.15) is 6.33 Å². The van der Waals surface area contributed by atoms with Crippen molar-refractivity contribution in [2.45, 2.75) is 43.8 Å². The molecule has 1 aromatic rings. The number of aromatic nitrogens is 3. The van der Waals surface area contributed by atoms with Gasteiger partial charge < -0.3 is 10.6 Å². The Kier molecular flexibility index (Phi) is 4.95. The van der Waals surface area contributed by atoms with Gasteiger partial charge in [-0.05, 0) is 25.7 Å². The molecule has 104 valence electrons. The number of carbonyl (C=O) groups excluding carboxylic acids is 1. The van der Waals surface area contributed by atoms with E-state index in [1.165, 1.54) is 24.5 Å². The van der Waals surface area contributed by atoms with Gasteiger partial charge in [0.2, 0.25) is 11.9 Å². The van der Waals surface area contributed by atoms with Crippen LogP contribution in [0.5, 0.6) is 0 Å². The summed E-state index contributed by atoms with van der Waals surface area (Å²) in [6.07, 6.45) is 5.83. The van der Waals surface area contributed by atoms with Gasteiger partial charge in [-0.15, -0.1) is 0 Å². The molecule has 2 rings (SSSR count). The maximum atomic E-state index is 12.2. The number of piperidine rings is 1. The number of anilines is 1. The van der Waals surface area contributed by atoms with Crippen LogP contribution < -0.4 is 5.73 Å². The fourth-order valence-corrected chi connectivity index (χ4v) is 3.02. The van der Waals surface area contributed by atoms with Crippen molar-refractivity contribution in [3.05, 3.63) is 6.33 Å². The Morgan fingerprint density at radius 2 is 2.37 bits per heavy atom. The Morgan fingerprint density at radius 3 is 3.11 bits per heavy atom. The van der Waals surface area contributed by atoms with Gasteiger partial charge in [-0.1, -0.05) is 18.7 Å². The topological polar surface area (TPSA) is 85.0 Å². The highest BCUT2D eigenvalue weighted by Gasteiger charge is 2.25. The van der Waals surface area contributed by atoms with Crippen molar-refractivity contribution in [1.29, 1.82) is 0 Å². The number of amides is 1. The molecule has 1 unspecified atom stereocenters. The molecule has 1 saturated heterocycles. The molecule has 1 amide bonds. The van der Waals surface area contributed by atoms with Crippen molar-refractivity contribution in [2.24, 2.45) is 0 Å². The van der Waals surface area contributed by atoms with Gasteiger partial charge in [-0.25, -0.2) is 9.97 Å². The maximum absolute atomic E-state index is 12.2. The molecule has 1 atom stereocenters. The number of thioether (sulfide) groups is 1. The van der Waals surface area contributed by atoms with E-state index in [1.54, 1.807) is 0 Å². The van der Waals surface area contributed by atoms with E-state index < -0.39 is 0 Å². The SMILES string of the molecule is CCC1CCCCN1C(=O)CSc1ncnc(N)n1. The second-order valence-corrected chi connectivity index (χ2v) is 5.50. The van der Waals surface area contributed by atoms with Crippen LogP contribution in [-0.4, -0.2) is 44.1 Å². The summed E-state index contributed by atoms with van der Waals surface area (Å²) >= 11 is 1.32. The fourth-order valence-electron chi connectivity index (χ4n) is 2.33. The number of nitrogen functional groups attached to an aromatic ring is 1. The average Bonchev–Trinajstić information content (AvgIpc) is 2.45. The zero-order valence-electron chi connectivity index (χ0n) is 11.1. The van der Waals surface area contributed by atoms with E-state index in [0.717, 1.165) is 25.8 Å². The molecule has 6 nitrogen and oxygen atoms in total. The first-order valence-electron chi connectivity index (χ1n) is 6.57. The zero-order valence-corrected chi connectivity index (χ0v) is 11.9. The average molecular weight is 281 g/mol. The van der Waals surface area contributed by atoms with Gasteiger partial charge in [-0.3, -0.25) is 4.79 Å². The minimum atomic E-state index is 0.163. The minimum absolute atomic E-state index is 0.163. The summed E-state index contributed by atoms with van der Waals surface area (Å²) in [6, 6.07) is 0.394. The van der Waals surface area contributed by atoms with E-state index in [-0.39, 0.29) is 11.9 Å². The van der Waals surface area contributed by atoms with Crippen LogP contribution in [0.4, 0.5) is 5.95 Å². The quantitative estimate of drug-likeness (QED) is 0.838. The second-order valence-electron chi connectivity index (χ2n) is 4.56. The van der Waals surface area contributed by atoms with Crippen LogP contribution in [0.2, 0.25) is 0 Å². The number of nitrogens with zero attached hydrogens (tertiary/aromatic N) is 4. The first kappa shape index (κ1) is 14.0. The molecule has 0 bridgehead atoms. The van der Waals surface area contributed by atoms with E-state index in [2.05, 4.69) is 21.9 Å². The molecular formula is C12H19N5OS. The van der Waals surface area contributed by atoms with Gasteiger partial charge in [0.25, 0.3) is 0 Å². The first-order valence-corrected chi connectivity index (χ1v) is 7.56. The van der Waals surface area contributed by atoms with Crippen LogP contribution in [0.15, 0.2) is 11.5 Å². The smallest absolute Gasteiger partial charge is 0.233 e. The van der Waals surface area contributed by atoms with Gasteiger partial charge in [-0.2, -0.15) is 4.98 Å². The molecule has 1 fully saturated rings. The van der Waals surface area contributed by atoms with Gasteiger partial charge in [0, 0.05) is 12.6 Å². The van der Waals surface area contributed by atoms with E-state index >= 15 is 0 Å². The summed E-state index contributed by atoms with van der Waals surface area (Å²) in [4.78, 5) is 25.9. The van der Waals surface area contributed by atoms with E-state index in [9.17, 15) is 4.79 Å². The monoisotopic (exact) mass is 281 g/mol. The van der Waals surface area contributed by atoms with Crippen LogP contribution in [0, 0.1) is 0 Å². The predicted octanol–water partition coefficient (Wildman–Crippen LogP) is 1.34. The number of hydrogen-bond acceptors (Lipinski definition) is 6. The summed E-state index contributed by atoms with van der Waals surface area (Å²) in [5.41, 5.74) is 5.48. The Balaban J connectivity index is 1.89. The van der Waals surface area contributed by atoms with Gasteiger partial charge >= 0.3 is 0 Å². The maximum Gasteiger partial charge on any atom is 0.233 e. The predicted molar refractivity (Wildman–Crippen MR) is 74.6 cm³/mol. The van der Waals surface area contributed by atoms with Crippen LogP contribution in [-0.2, 0) is 4.79 Å². The Hall–Kier alpha value is -1.37. The third kappa shape index (κ3) is 3.79. The molecule has 0 spiro atoms. The Morgan fingerprint density at radius 1 is 1.53 bits per heavy atom. The highest BCUT2D eigenvalue weighted by molar-refractivity contribution is 7.99. The standard InChI is InChI=1S/C12H19N5OS/c1-2-9-5-3-4-6-17(9)10(18)7-19-12-15-8-14-11(13)16-12/h8-9H,2-7H2,1H3,(H2,13,14,15,16). The van der Waals surface area contributed by atoms with Gasteiger partial charge in [0.15, 0.2) is 5.16 Å². The molecule has 0 radical (unpaired) electrons. The first-order chi connectivity index (χ1) is 9.20. The number of nitrogens with two attached hydrogens (primary N) is 1. The molecule has 2 heterocycles. The highest BCUT2D eigenvalue weighted by atomic mass is 32.2. The Labute approximate surface area is 117 Å². The number of rotatable bonds is 4. The third-order valence-corrected chi connectivity index (χ3v) is 4.16. The lowest BCUT2D eigenvalue weighted by molar-refractivity contribution is -0.132. The fraction of sp³-hybridized carbons (Fsp3) is 0.667. The molecule has 1 aliphatic heterocycles. The third-order valence-electron chi connectivity index (χ3n) is 3.31. The normalized spacial score (nSPS) is 19.4. The zero-order chi connectivity index (χ0) is 13.7. The summed E-state index contributed by atoms with van der Waals surface area (Å²) in [6.45, 7) is 3.01. The molecule has 0 aliphatic carbocycles. The Bertz CT molecular complexity index is 442. The summed E-state index contributed by atoms with van der Waals surface area (Å²) in [5.74, 6) is 0.713. The molecule has 0 aromatic carbocycles. The van der Waals surface area contributed by atoms with Crippen LogP contribution in [0.3, 0.4) is 0 Å². The lowest BCUT2D eigenvalue weighted by atomic mass is 10.0. The summed E-state index contributed by atoms with van der Waals surface area (Å²) in [7, 11) is 0. The number of likely N-dealkylation sites (tertiary alicyclic amines) is 1. The second kappa shape index (κ2) is 6.70. The molecule has 0 saturated carbocycles. The van der Waals surface area contributed by atoms with Crippen molar-refractivity contribution < 1.29 is 4.79 Å². The molecule has 19 heavy (non-hydrogen) atoms. The van der Waals surface area contributed by atoms with Crippen molar-refractivity contribution in [3.8, 4) is 0 Å². The molecule has 2 N–H and O–H groups in total. The lowest BCUT2D eigenvalue weighted by Crippen LogP contribution is -2.44. The minimum Gasteiger partial charge on any atom is -0.368 e. The van der Waals surface area contributed by atoms with E-state index in [1.807, 2.05) is 4.90 Å². The van der Waals surface area contributed by atoms with Crippen molar-refractivity contribution in [1.82, 2.24) is 19.9 Å². The van der Waals surface area contributed by atoms with Gasteiger partial charge in [0.05, 0.1) is 5.75 Å². The van der Waals surface area contributed by atoms with Crippen molar-refractivity contribution >= 4 is 23.6 Å². The highest BCUT2D eigenvalue weighted by Crippen LogP contribution is 2.21. The van der Waals surface area contributed by atoms with E-state index in [4.69, 9.17) is 5.73 Å². The summed E-state index contributed by atoms with van der Waals surface area (Å²) in [5, 5.41) is 0.505. The summed E-state index contributed by atoms with van der Waals surface area (Å²) < 4.78 is 0. The van der Waals surface area contributed by atoms with Crippen LogP contribution in [0.25, 0.3) is 0 Å². The number of carbonyl (C=O) groups is 1. The van der Waals surface area contributed by atoms with Crippen LogP contribution >= 0.6 is 11.8 Å².